The van der Waals surface area contributed by atoms with Crippen molar-refractivity contribution in [2.45, 2.75) is 19.9 Å². The Balaban J connectivity index is 1.73. The van der Waals surface area contributed by atoms with Gasteiger partial charge >= 0.3 is 0 Å². The second-order valence-electron chi connectivity index (χ2n) is 6.87. The van der Waals surface area contributed by atoms with Crippen LogP contribution in [-0.2, 0) is 0 Å². The van der Waals surface area contributed by atoms with Crippen LogP contribution < -0.4 is 10.6 Å². The van der Waals surface area contributed by atoms with E-state index in [4.69, 9.17) is 0 Å². The van der Waals surface area contributed by atoms with Crippen molar-refractivity contribution in [1.29, 1.82) is 0 Å². The highest BCUT2D eigenvalue weighted by Crippen LogP contribution is 2.23. The predicted molar refractivity (Wildman–Crippen MR) is 123 cm³/mol. The minimum Gasteiger partial charge on any atom is -0.350 e. The summed E-state index contributed by atoms with van der Waals surface area (Å²) >= 11 is 1.66. The molecule has 1 unspecified atom stereocenters. The number of thiophene rings is 1. The first kappa shape index (κ1) is 21.7. The summed E-state index contributed by atoms with van der Waals surface area (Å²) in [7, 11) is 0. The fraction of sp³-hybridized carbons (Fsp3) is 0.250. The number of amides is 2. The van der Waals surface area contributed by atoms with Gasteiger partial charge in [-0.1, -0.05) is 44.2 Å². The van der Waals surface area contributed by atoms with Gasteiger partial charge in [-0.15, -0.1) is 0 Å². The topological polar surface area (TPSA) is 61.4 Å². The lowest BCUT2D eigenvalue weighted by atomic mass is 10.1. The summed E-state index contributed by atoms with van der Waals surface area (Å²) in [6.45, 7) is 6.55. The molecule has 0 fully saturated rings. The number of benzene rings is 2. The highest BCUT2D eigenvalue weighted by molar-refractivity contribution is 7.08. The molecule has 0 bridgehead atoms. The molecule has 2 aromatic carbocycles. The van der Waals surface area contributed by atoms with Gasteiger partial charge in [0, 0.05) is 12.1 Å². The van der Waals surface area contributed by atoms with E-state index in [9.17, 15) is 9.59 Å². The summed E-state index contributed by atoms with van der Waals surface area (Å²) in [5.74, 6) is -0.443. The average Bonchev–Trinajstić information content (AvgIpc) is 3.32. The molecule has 1 atom stereocenters. The number of nitrogens with zero attached hydrogens (tertiary/aromatic N) is 1. The first-order chi connectivity index (χ1) is 14.6. The van der Waals surface area contributed by atoms with Crippen LogP contribution in [0.4, 0.5) is 5.69 Å². The predicted octanol–water partition coefficient (Wildman–Crippen LogP) is 4.81. The fourth-order valence-corrected chi connectivity index (χ4v) is 4.15. The van der Waals surface area contributed by atoms with Crippen molar-refractivity contribution < 1.29 is 9.59 Å². The first-order valence-corrected chi connectivity index (χ1v) is 11.1. The minimum absolute atomic E-state index is 0.112. The standard InChI is InChI=1S/C24H27N3O2S/c1-3-27(4-2)22(19-14-15-30-17-19)16-25-24(29)20-12-8-9-13-21(20)26-23(28)18-10-6-5-7-11-18/h5-15,17,22H,3-4,16H2,1-2H3,(H,25,29)(H,26,28). The Morgan fingerprint density at radius 1 is 0.933 bits per heavy atom. The Hall–Kier alpha value is -2.96. The smallest absolute Gasteiger partial charge is 0.255 e. The van der Waals surface area contributed by atoms with Gasteiger partial charge in [-0.3, -0.25) is 14.5 Å². The van der Waals surface area contributed by atoms with E-state index in [1.165, 1.54) is 5.56 Å². The van der Waals surface area contributed by atoms with E-state index in [2.05, 4.69) is 46.2 Å². The molecule has 6 heteroatoms. The van der Waals surface area contributed by atoms with Crippen molar-refractivity contribution in [1.82, 2.24) is 10.2 Å². The largest absolute Gasteiger partial charge is 0.350 e. The van der Waals surface area contributed by atoms with Crippen LogP contribution >= 0.6 is 11.3 Å². The van der Waals surface area contributed by atoms with Gasteiger partial charge in [-0.2, -0.15) is 11.3 Å². The molecule has 0 aliphatic heterocycles. The molecular formula is C24H27N3O2S. The lowest BCUT2D eigenvalue weighted by Crippen LogP contribution is -2.38. The number of para-hydroxylation sites is 1. The average molecular weight is 422 g/mol. The Labute approximate surface area is 181 Å². The molecule has 0 radical (unpaired) electrons. The number of hydrogen-bond donors (Lipinski definition) is 2. The van der Waals surface area contributed by atoms with Gasteiger partial charge in [0.1, 0.15) is 0 Å². The third-order valence-electron chi connectivity index (χ3n) is 5.09. The van der Waals surface area contributed by atoms with Crippen LogP contribution in [0.15, 0.2) is 71.4 Å². The summed E-state index contributed by atoms with van der Waals surface area (Å²) in [6, 6.07) is 18.3. The van der Waals surface area contributed by atoms with Crippen LogP contribution in [0.1, 0.15) is 46.2 Å². The Bertz CT molecular complexity index is 954. The van der Waals surface area contributed by atoms with Gasteiger partial charge in [0.05, 0.1) is 17.3 Å². The maximum absolute atomic E-state index is 13.0. The third kappa shape index (κ3) is 5.34. The van der Waals surface area contributed by atoms with Crippen LogP contribution in [0, 0.1) is 0 Å². The molecule has 0 aliphatic carbocycles. The zero-order valence-electron chi connectivity index (χ0n) is 17.3. The van der Waals surface area contributed by atoms with Gasteiger partial charge in [-0.05, 0) is 59.7 Å². The van der Waals surface area contributed by atoms with E-state index in [-0.39, 0.29) is 17.9 Å². The summed E-state index contributed by atoms with van der Waals surface area (Å²) in [5.41, 5.74) is 2.70. The molecule has 0 saturated carbocycles. The van der Waals surface area contributed by atoms with Crippen molar-refractivity contribution in [3.63, 3.8) is 0 Å². The maximum atomic E-state index is 13.0. The molecule has 2 N–H and O–H groups in total. The summed E-state index contributed by atoms with van der Waals surface area (Å²) in [5, 5.41) is 10.1. The van der Waals surface area contributed by atoms with Crippen LogP contribution in [-0.4, -0.2) is 36.3 Å². The van der Waals surface area contributed by atoms with Crippen LogP contribution in [0.25, 0.3) is 0 Å². The molecule has 0 saturated heterocycles. The number of anilines is 1. The molecule has 156 valence electrons. The molecule has 1 heterocycles. The van der Waals surface area contributed by atoms with Crippen LogP contribution in [0.3, 0.4) is 0 Å². The minimum atomic E-state index is -0.241. The van der Waals surface area contributed by atoms with Crippen molar-refractivity contribution in [3.8, 4) is 0 Å². The number of carbonyl (C=O) groups is 2. The lowest BCUT2D eigenvalue weighted by Gasteiger charge is -2.29. The molecule has 0 aliphatic rings. The number of rotatable bonds is 9. The fourth-order valence-electron chi connectivity index (χ4n) is 3.45. The maximum Gasteiger partial charge on any atom is 0.255 e. The SMILES string of the molecule is CCN(CC)C(CNC(=O)c1ccccc1NC(=O)c1ccccc1)c1ccsc1. The molecular weight excluding hydrogens is 394 g/mol. The van der Waals surface area contributed by atoms with Gasteiger partial charge in [0.15, 0.2) is 0 Å². The van der Waals surface area contributed by atoms with Gasteiger partial charge in [0.2, 0.25) is 0 Å². The highest BCUT2D eigenvalue weighted by atomic mass is 32.1. The van der Waals surface area contributed by atoms with Crippen molar-refractivity contribution in [2.75, 3.05) is 25.0 Å². The van der Waals surface area contributed by atoms with Crippen molar-refractivity contribution in [3.05, 3.63) is 88.1 Å². The Morgan fingerprint density at radius 2 is 1.63 bits per heavy atom. The molecule has 5 nitrogen and oxygen atoms in total. The summed E-state index contributed by atoms with van der Waals surface area (Å²) in [4.78, 5) is 27.8. The molecule has 3 aromatic rings. The number of nitrogens with one attached hydrogen (secondary N) is 2. The van der Waals surface area contributed by atoms with Gasteiger partial charge < -0.3 is 10.6 Å². The van der Waals surface area contributed by atoms with E-state index in [0.717, 1.165) is 13.1 Å². The third-order valence-corrected chi connectivity index (χ3v) is 5.79. The van der Waals surface area contributed by atoms with Crippen molar-refractivity contribution in [2.24, 2.45) is 0 Å². The Morgan fingerprint density at radius 3 is 2.30 bits per heavy atom. The van der Waals surface area contributed by atoms with Crippen molar-refractivity contribution >= 4 is 28.8 Å². The lowest BCUT2D eigenvalue weighted by molar-refractivity contribution is 0.0936. The van der Waals surface area contributed by atoms with Gasteiger partial charge in [0.25, 0.3) is 11.8 Å². The Kier molecular flexibility index (Phi) is 7.76. The second-order valence-corrected chi connectivity index (χ2v) is 7.65. The van der Waals surface area contributed by atoms with E-state index in [0.29, 0.717) is 23.4 Å². The number of hydrogen-bond acceptors (Lipinski definition) is 4. The summed E-state index contributed by atoms with van der Waals surface area (Å²) < 4.78 is 0. The van der Waals surface area contributed by atoms with Crippen LogP contribution in [0.2, 0.25) is 0 Å². The monoisotopic (exact) mass is 421 g/mol. The molecule has 2 amide bonds. The molecule has 0 spiro atoms. The quantitative estimate of drug-likeness (QED) is 0.521. The van der Waals surface area contributed by atoms with E-state index >= 15 is 0 Å². The zero-order chi connectivity index (χ0) is 21.3. The number of likely N-dealkylation sites (N-methyl/N-ethyl adjacent to an activating group) is 1. The molecule has 1 aromatic heterocycles. The normalized spacial score (nSPS) is 11.8. The zero-order valence-corrected chi connectivity index (χ0v) is 18.1. The first-order valence-electron chi connectivity index (χ1n) is 10.1. The van der Waals surface area contributed by atoms with E-state index in [1.54, 1.807) is 47.7 Å². The van der Waals surface area contributed by atoms with E-state index in [1.807, 2.05) is 18.2 Å². The molecule has 3 rings (SSSR count). The molecule has 30 heavy (non-hydrogen) atoms. The second kappa shape index (κ2) is 10.7. The summed E-state index contributed by atoms with van der Waals surface area (Å²) in [6.07, 6.45) is 0. The van der Waals surface area contributed by atoms with Crippen LogP contribution in [0.5, 0.6) is 0 Å². The van der Waals surface area contributed by atoms with E-state index < -0.39 is 0 Å². The van der Waals surface area contributed by atoms with Gasteiger partial charge in [-0.25, -0.2) is 0 Å². The number of carbonyl (C=O) groups excluding carboxylic acids is 2. The highest BCUT2D eigenvalue weighted by Gasteiger charge is 2.21.